The lowest BCUT2D eigenvalue weighted by Crippen LogP contribution is -2.48. The zero-order chi connectivity index (χ0) is 18.0. The highest BCUT2D eigenvalue weighted by molar-refractivity contribution is 5.83. The Labute approximate surface area is 155 Å². The fourth-order valence-corrected chi connectivity index (χ4v) is 4.33. The molecule has 0 unspecified atom stereocenters. The van der Waals surface area contributed by atoms with Gasteiger partial charge in [-0.05, 0) is 50.7 Å². The van der Waals surface area contributed by atoms with Gasteiger partial charge in [0.05, 0.1) is 12.2 Å². The molecule has 1 aromatic carbocycles. The summed E-state index contributed by atoms with van der Waals surface area (Å²) in [5.74, 6) is 0.288. The molecule has 0 aliphatic carbocycles. The first-order valence-corrected chi connectivity index (χ1v) is 9.80. The van der Waals surface area contributed by atoms with Crippen molar-refractivity contribution < 1.29 is 9.53 Å². The fraction of sp³-hybridized carbons (Fsp3) is 0.500. The second kappa shape index (κ2) is 7.28. The molecule has 4 rings (SSSR count). The molecule has 4 nitrogen and oxygen atoms in total. The van der Waals surface area contributed by atoms with Crippen LogP contribution in [0.1, 0.15) is 44.6 Å². The molecule has 0 bridgehead atoms. The van der Waals surface area contributed by atoms with Gasteiger partial charge in [-0.25, -0.2) is 0 Å². The number of carbonyl (C=O) groups is 1. The Morgan fingerprint density at radius 2 is 2.08 bits per heavy atom. The number of nitrogens with zero attached hydrogens (tertiary/aromatic N) is 1. The Morgan fingerprint density at radius 1 is 1.27 bits per heavy atom. The highest BCUT2D eigenvalue weighted by Gasteiger charge is 2.36. The van der Waals surface area contributed by atoms with Crippen molar-refractivity contribution in [2.45, 2.75) is 51.0 Å². The molecule has 3 heterocycles. The van der Waals surface area contributed by atoms with Crippen LogP contribution in [0.3, 0.4) is 0 Å². The van der Waals surface area contributed by atoms with E-state index < -0.39 is 0 Å². The van der Waals surface area contributed by atoms with E-state index in [1.54, 1.807) is 0 Å². The average molecular weight is 352 g/mol. The summed E-state index contributed by atoms with van der Waals surface area (Å²) in [6.45, 7) is 4.64. The number of carbonyl (C=O) groups excluding carboxylic acids is 1. The van der Waals surface area contributed by atoms with Crippen molar-refractivity contribution in [2.24, 2.45) is 0 Å². The van der Waals surface area contributed by atoms with Crippen molar-refractivity contribution in [2.75, 3.05) is 19.7 Å². The van der Waals surface area contributed by atoms with Gasteiger partial charge in [0.15, 0.2) is 0 Å². The first-order chi connectivity index (χ1) is 12.7. The maximum Gasteiger partial charge on any atom is 0.222 e. The van der Waals surface area contributed by atoms with Gasteiger partial charge in [-0.3, -0.25) is 4.79 Å². The number of piperidine rings is 1. The van der Waals surface area contributed by atoms with Crippen molar-refractivity contribution in [3.63, 3.8) is 0 Å². The third kappa shape index (κ3) is 3.56. The summed E-state index contributed by atoms with van der Waals surface area (Å²) in [7, 11) is 0. The van der Waals surface area contributed by atoms with Crippen molar-refractivity contribution in [1.29, 1.82) is 0 Å². The van der Waals surface area contributed by atoms with Gasteiger partial charge in [-0.15, -0.1) is 0 Å². The number of ether oxygens (including phenoxy) is 1. The Morgan fingerprint density at radius 3 is 2.88 bits per heavy atom. The normalized spacial score (nSPS) is 19.7. The van der Waals surface area contributed by atoms with Crippen molar-refractivity contribution in [1.82, 2.24) is 9.88 Å². The predicted octanol–water partition coefficient (Wildman–Crippen LogP) is 4.22. The van der Waals surface area contributed by atoms with Crippen LogP contribution in [0.4, 0.5) is 0 Å². The second-order valence-corrected chi connectivity index (χ2v) is 7.75. The number of hydrogen-bond donors (Lipinski definition) is 1. The number of likely N-dealkylation sites (tertiary alicyclic amines) is 1. The third-order valence-electron chi connectivity index (χ3n) is 5.87. The third-order valence-corrected chi connectivity index (χ3v) is 5.87. The van der Waals surface area contributed by atoms with Gasteiger partial charge in [0, 0.05) is 36.6 Å². The smallest absolute Gasteiger partial charge is 0.222 e. The quantitative estimate of drug-likeness (QED) is 0.838. The van der Waals surface area contributed by atoms with Crippen LogP contribution in [0.25, 0.3) is 10.9 Å². The van der Waals surface area contributed by atoms with Gasteiger partial charge in [0.1, 0.15) is 0 Å². The molecule has 1 N–H and O–H groups in total. The molecule has 1 aromatic heterocycles. The van der Waals surface area contributed by atoms with Crippen LogP contribution in [-0.2, 0) is 16.0 Å². The molecule has 1 spiro atoms. The molecule has 0 saturated carbocycles. The largest absolute Gasteiger partial charge is 0.370 e. The number of aromatic nitrogens is 1. The van der Waals surface area contributed by atoms with Gasteiger partial charge < -0.3 is 14.6 Å². The number of benzene rings is 1. The van der Waals surface area contributed by atoms with Crippen LogP contribution in [0, 0.1) is 0 Å². The summed E-state index contributed by atoms with van der Waals surface area (Å²) in [5, 5.41) is 1.27. The molecule has 1 amide bonds. The highest BCUT2D eigenvalue weighted by Crippen LogP contribution is 2.33. The Balaban J connectivity index is 1.27. The van der Waals surface area contributed by atoms with Crippen LogP contribution in [0.5, 0.6) is 0 Å². The van der Waals surface area contributed by atoms with E-state index >= 15 is 0 Å². The highest BCUT2D eigenvalue weighted by atomic mass is 16.5. The van der Waals surface area contributed by atoms with Crippen LogP contribution in [0.15, 0.2) is 42.1 Å². The van der Waals surface area contributed by atoms with E-state index in [9.17, 15) is 4.79 Å². The lowest BCUT2D eigenvalue weighted by Gasteiger charge is -2.42. The first kappa shape index (κ1) is 17.3. The zero-order valence-corrected chi connectivity index (χ0v) is 15.6. The van der Waals surface area contributed by atoms with E-state index in [1.807, 2.05) is 11.0 Å². The zero-order valence-electron chi connectivity index (χ0n) is 15.6. The minimum atomic E-state index is -0.108. The summed E-state index contributed by atoms with van der Waals surface area (Å²) in [6, 6.07) is 8.35. The molecule has 2 aromatic rings. The van der Waals surface area contributed by atoms with Crippen LogP contribution in [-0.4, -0.2) is 41.1 Å². The average Bonchev–Trinajstić information content (AvgIpc) is 3.05. The first-order valence-electron chi connectivity index (χ1n) is 9.80. The van der Waals surface area contributed by atoms with Gasteiger partial charge in [-0.2, -0.15) is 0 Å². The van der Waals surface area contributed by atoms with Gasteiger partial charge in [-0.1, -0.05) is 29.8 Å². The summed E-state index contributed by atoms with van der Waals surface area (Å²) < 4.78 is 6.06. The number of fused-ring (bicyclic) bond motifs is 1. The maximum atomic E-state index is 12.6. The summed E-state index contributed by atoms with van der Waals surface area (Å²) in [4.78, 5) is 17.9. The summed E-state index contributed by atoms with van der Waals surface area (Å²) in [6.07, 6.45) is 9.75. The lowest BCUT2D eigenvalue weighted by molar-refractivity contribution is -0.136. The minimum absolute atomic E-state index is 0.108. The number of aryl methyl sites for hydroxylation is 1. The van der Waals surface area contributed by atoms with E-state index in [1.165, 1.54) is 22.0 Å². The van der Waals surface area contributed by atoms with Crippen LogP contribution in [0.2, 0.25) is 0 Å². The van der Waals surface area contributed by atoms with E-state index in [4.69, 9.17) is 4.74 Å². The number of aromatic amines is 1. The van der Waals surface area contributed by atoms with E-state index in [2.05, 4.69) is 42.4 Å². The molecule has 1 fully saturated rings. The molecule has 1 saturated heterocycles. The molecule has 4 heteroatoms. The molecular weight excluding hydrogens is 324 g/mol. The Kier molecular flexibility index (Phi) is 4.86. The van der Waals surface area contributed by atoms with E-state index in [0.29, 0.717) is 6.42 Å². The van der Waals surface area contributed by atoms with Gasteiger partial charge in [0.25, 0.3) is 0 Å². The Bertz CT molecular complexity index is 812. The van der Waals surface area contributed by atoms with Crippen molar-refractivity contribution in [3.05, 3.63) is 47.7 Å². The van der Waals surface area contributed by atoms with Crippen LogP contribution < -0.4 is 0 Å². The fourth-order valence-electron chi connectivity index (χ4n) is 4.33. The number of amides is 1. The van der Waals surface area contributed by atoms with Crippen LogP contribution >= 0.6 is 0 Å². The van der Waals surface area contributed by atoms with Crippen molar-refractivity contribution >= 4 is 16.8 Å². The van der Waals surface area contributed by atoms with Crippen molar-refractivity contribution in [3.8, 4) is 0 Å². The number of para-hydroxylation sites is 1. The lowest BCUT2D eigenvalue weighted by atomic mass is 9.87. The second-order valence-electron chi connectivity index (χ2n) is 7.75. The standard InChI is InChI=1S/C22H28N2O2/c1-17-9-14-26-22(15-17)10-12-24(13-11-22)21(25)8-4-5-18-16-23-20-7-3-2-6-19(18)20/h2-3,6-7,15-16,23H,4-5,8-14H2,1H3. The summed E-state index contributed by atoms with van der Waals surface area (Å²) in [5.41, 5.74) is 3.80. The number of H-pyrrole nitrogens is 1. The number of rotatable bonds is 4. The Hall–Kier alpha value is -2.07. The monoisotopic (exact) mass is 352 g/mol. The molecule has 2 aliphatic heterocycles. The van der Waals surface area contributed by atoms with E-state index in [-0.39, 0.29) is 11.5 Å². The van der Waals surface area contributed by atoms with Gasteiger partial charge in [0.2, 0.25) is 5.91 Å². The SMILES string of the molecule is CC1=CC2(CCN(C(=O)CCCc3c[nH]c4ccccc34)CC2)OCC1. The topological polar surface area (TPSA) is 45.3 Å². The molecule has 0 atom stereocenters. The predicted molar refractivity (Wildman–Crippen MR) is 104 cm³/mol. The maximum absolute atomic E-state index is 12.6. The summed E-state index contributed by atoms with van der Waals surface area (Å²) >= 11 is 0. The minimum Gasteiger partial charge on any atom is -0.370 e. The molecule has 0 radical (unpaired) electrons. The number of nitrogens with one attached hydrogen (secondary N) is 1. The molecule has 26 heavy (non-hydrogen) atoms. The number of hydrogen-bond acceptors (Lipinski definition) is 2. The molecule has 2 aliphatic rings. The van der Waals surface area contributed by atoms with Gasteiger partial charge >= 0.3 is 0 Å². The molecular formula is C22H28N2O2. The molecule has 138 valence electrons. The van der Waals surface area contributed by atoms with E-state index in [0.717, 1.165) is 51.8 Å².